The molecule has 120 valence electrons. The maximum Gasteiger partial charge on any atom is 0.225 e. The number of amides is 1. The quantitative estimate of drug-likeness (QED) is 0.839. The molecule has 3 fully saturated rings. The van der Waals surface area contributed by atoms with E-state index in [4.69, 9.17) is 0 Å². The molecule has 1 aliphatic heterocycles. The molecule has 2 unspecified atom stereocenters. The molecule has 2 aliphatic carbocycles. The predicted octanol–water partition coefficient (Wildman–Crippen LogP) is 0.943. The molecule has 1 saturated heterocycles. The van der Waals surface area contributed by atoms with Gasteiger partial charge in [0.25, 0.3) is 0 Å². The molecule has 0 radical (unpaired) electrons. The van der Waals surface area contributed by atoms with Gasteiger partial charge in [-0.25, -0.2) is 8.42 Å². The Labute approximate surface area is 127 Å². The molecule has 0 aromatic carbocycles. The van der Waals surface area contributed by atoms with Crippen molar-refractivity contribution >= 4 is 15.7 Å². The molecule has 21 heavy (non-hydrogen) atoms. The monoisotopic (exact) mass is 314 g/mol. The Bertz CT molecular complexity index is 493. The molecular weight excluding hydrogens is 288 g/mol. The van der Waals surface area contributed by atoms with E-state index in [1.54, 1.807) is 0 Å². The van der Waals surface area contributed by atoms with Gasteiger partial charge in [0, 0.05) is 37.3 Å². The van der Waals surface area contributed by atoms with Crippen LogP contribution in [0.1, 0.15) is 44.9 Å². The van der Waals surface area contributed by atoms with Crippen LogP contribution in [0.4, 0.5) is 0 Å². The van der Waals surface area contributed by atoms with Crippen molar-refractivity contribution in [1.29, 1.82) is 0 Å². The van der Waals surface area contributed by atoms with Crippen molar-refractivity contribution in [1.82, 2.24) is 10.2 Å². The minimum atomic E-state index is -2.96. The Morgan fingerprint density at radius 2 is 1.71 bits per heavy atom. The van der Waals surface area contributed by atoms with Crippen molar-refractivity contribution in [3.8, 4) is 0 Å². The highest BCUT2D eigenvalue weighted by Crippen LogP contribution is 2.32. The SMILES string of the molecule is CS(=O)(=O)C1CCCC1NC1CCN(C(=O)C2CC2)CC1. The van der Waals surface area contributed by atoms with E-state index in [1.165, 1.54) is 6.26 Å². The van der Waals surface area contributed by atoms with Crippen LogP contribution in [0.15, 0.2) is 0 Å². The summed E-state index contributed by atoms with van der Waals surface area (Å²) in [5.74, 6) is 0.641. The van der Waals surface area contributed by atoms with Gasteiger partial charge in [-0.15, -0.1) is 0 Å². The standard InChI is InChI=1S/C15H26N2O3S/c1-21(19,20)14-4-2-3-13(14)16-12-7-9-17(10-8-12)15(18)11-5-6-11/h11-14,16H,2-10H2,1H3. The van der Waals surface area contributed by atoms with E-state index in [9.17, 15) is 13.2 Å². The molecule has 0 aromatic heterocycles. The molecule has 1 heterocycles. The summed E-state index contributed by atoms with van der Waals surface area (Å²) in [4.78, 5) is 14.0. The first kappa shape index (κ1) is 15.3. The number of nitrogens with one attached hydrogen (secondary N) is 1. The van der Waals surface area contributed by atoms with Crippen LogP contribution in [-0.4, -0.2) is 55.9 Å². The highest BCUT2D eigenvalue weighted by Gasteiger charge is 2.38. The lowest BCUT2D eigenvalue weighted by atomic mass is 10.0. The highest BCUT2D eigenvalue weighted by atomic mass is 32.2. The summed E-state index contributed by atoms with van der Waals surface area (Å²) >= 11 is 0. The fourth-order valence-electron chi connectivity index (χ4n) is 3.79. The number of piperidine rings is 1. The van der Waals surface area contributed by atoms with E-state index in [1.807, 2.05) is 4.90 Å². The molecule has 2 atom stereocenters. The van der Waals surface area contributed by atoms with Gasteiger partial charge in [0.05, 0.1) is 5.25 Å². The van der Waals surface area contributed by atoms with Gasteiger partial charge in [-0.05, 0) is 38.5 Å². The van der Waals surface area contributed by atoms with Crippen molar-refractivity contribution in [2.45, 2.75) is 62.3 Å². The fraction of sp³-hybridized carbons (Fsp3) is 0.933. The first-order chi connectivity index (χ1) is 9.95. The third-order valence-electron chi connectivity index (χ3n) is 5.19. The summed E-state index contributed by atoms with van der Waals surface area (Å²) in [6.07, 6.45) is 8.12. The van der Waals surface area contributed by atoms with E-state index in [2.05, 4.69) is 5.32 Å². The second-order valence-electron chi connectivity index (χ2n) is 6.95. The van der Waals surface area contributed by atoms with Gasteiger partial charge in [-0.2, -0.15) is 0 Å². The average molecular weight is 314 g/mol. The molecule has 6 heteroatoms. The summed E-state index contributed by atoms with van der Waals surface area (Å²) in [6, 6.07) is 0.469. The number of hydrogen-bond donors (Lipinski definition) is 1. The Balaban J connectivity index is 1.50. The van der Waals surface area contributed by atoms with Crippen LogP contribution in [0.5, 0.6) is 0 Å². The van der Waals surface area contributed by atoms with Gasteiger partial charge >= 0.3 is 0 Å². The van der Waals surface area contributed by atoms with E-state index in [0.29, 0.717) is 17.9 Å². The zero-order chi connectivity index (χ0) is 15.0. The fourth-order valence-corrected chi connectivity index (χ4v) is 5.19. The molecule has 5 nitrogen and oxygen atoms in total. The average Bonchev–Trinajstić information content (AvgIpc) is 3.17. The summed E-state index contributed by atoms with van der Waals surface area (Å²) in [5, 5.41) is 3.34. The number of rotatable bonds is 4. The normalized spacial score (nSPS) is 31.6. The Morgan fingerprint density at radius 3 is 2.29 bits per heavy atom. The summed E-state index contributed by atoms with van der Waals surface area (Å²) in [5.41, 5.74) is 0. The lowest BCUT2D eigenvalue weighted by Gasteiger charge is -2.35. The van der Waals surface area contributed by atoms with Crippen LogP contribution in [0, 0.1) is 5.92 Å². The Kier molecular flexibility index (Phi) is 4.28. The van der Waals surface area contributed by atoms with Gasteiger partial charge in [-0.1, -0.05) is 6.42 Å². The third-order valence-corrected chi connectivity index (χ3v) is 6.85. The molecule has 3 aliphatic rings. The van der Waals surface area contributed by atoms with E-state index < -0.39 is 9.84 Å². The summed E-state index contributed by atoms with van der Waals surface area (Å²) in [7, 11) is -2.96. The zero-order valence-corrected chi connectivity index (χ0v) is 13.6. The number of hydrogen-bond acceptors (Lipinski definition) is 4. The van der Waals surface area contributed by atoms with Crippen molar-refractivity contribution in [2.75, 3.05) is 19.3 Å². The van der Waals surface area contributed by atoms with Crippen LogP contribution >= 0.6 is 0 Å². The van der Waals surface area contributed by atoms with Gasteiger partial charge in [0.2, 0.25) is 5.91 Å². The van der Waals surface area contributed by atoms with Crippen LogP contribution < -0.4 is 5.32 Å². The maximum absolute atomic E-state index is 12.0. The molecule has 3 rings (SSSR count). The lowest BCUT2D eigenvalue weighted by Crippen LogP contribution is -2.50. The molecule has 0 bridgehead atoms. The second-order valence-corrected chi connectivity index (χ2v) is 9.21. The van der Waals surface area contributed by atoms with Crippen LogP contribution in [0.25, 0.3) is 0 Å². The van der Waals surface area contributed by atoms with Gasteiger partial charge in [-0.3, -0.25) is 4.79 Å². The molecule has 0 aromatic rings. The van der Waals surface area contributed by atoms with Gasteiger partial charge in [0.1, 0.15) is 0 Å². The number of nitrogens with zero attached hydrogens (tertiary/aromatic N) is 1. The molecule has 1 amide bonds. The third kappa shape index (κ3) is 3.59. The first-order valence-corrected chi connectivity index (χ1v) is 10.1. The molecule has 2 saturated carbocycles. The van der Waals surface area contributed by atoms with Crippen molar-refractivity contribution in [3.05, 3.63) is 0 Å². The first-order valence-electron chi connectivity index (χ1n) is 8.19. The number of carbonyl (C=O) groups excluding carboxylic acids is 1. The predicted molar refractivity (Wildman–Crippen MR) is 81.7 cm³/mol. The lowest BCUT2D eigenvalue weighted by molar-refractivity contribution is -0.133. The van der Waals surface area contributed by atoms with Crippen LogP contribution in [-0.2, 0) is 14.6 Å². The van der Waals surface area contributed by atoms with Crippen molar-refractivity contribution in [3.63, 3.8) is 0 Å². The Morgan fingerprint density at radius 1 is 1.05 bits per heavy atom. The maximum atomic E-state index is 12.0. The number of likely N-dealkylation sites (tertiary alicyclic amines) is 1. The van der Waals surface area contributed by atoms with Crippen molar-refractivity contribution in [2.24, 2.45) is 5.92 Å². The number of sulfone groups is 1. The minimum absolute atomic E-state index is 0.107. The molecular formula is C15H26N2O3S. The largest absolute Gasteiger partial charge is 0.342 e. The Hall–Kier alpha value is -0.620. The zero-order valence-electron chi connectivity index (χ0n) is 12.8. The molecule has 1 N–H and O–H groups in total. The van der Waals surface area contributed by atoms with Gasteiger partial charge < -0.3 is 10.2 Å². The van der Waals surface area contributed by atoms with Crippen LogP contribution in [0.2, 0.25) is 0 Å². The smallest absolute Gasteiger partial charge is 0.225 e. The van der Waals surface area contributed by atoms with Crippen molar-refractivity contribution < 1.29 is 13.2 Å². The summed E-state index contributed by atoms with van der Waals surface area (Å²) < 4.78 is 23.6. The minimum Gasteiger partial charge on any atom is -0.342 e. The molecule has 0 spiro atoms. The number of carbonyl (C=O) groups is 1. The highest BCUT2D eigenvalue weighted by molar-refractivity contribution is 7.91. The van der Waals surface area contributed by atoms with E-state index >= 15 is 0 Å². The van der Waals surface area contributed by atoms with E-state index in [-0.39, 0.29) is 11.3 Å². The van der Waals surface area contributed by atoms with Crippen LogP contribution in [0.3, 0.4) is 0 Å². The topological polar surface area (TPSA) is 66.5 Å². The van der Waals surface area contributed by atoms with E-state index in [0.717, 1.165) is 58.0 Å². The summed E-state index contributed by atoms with van der Waals surface area (Å²) in [6.45, 7) is 1.65. The second kappa shape index (κ2) is 5.88. The van der Waals surface area contributed by atoms with Gasteiger partial charge in [0.15, 0.2) is 9.84 Å².